The van der Waals surface area contributed by atoms with Gasteiger partial charge in [-0.1, -0.05) is 31.5 Å². The molecule has 0 radical (unpaired) electrons. The van der Waals surface area contributed by atoms with Crippen LogP contribution in [0.4, 0.5) is 0 Å². The van der Waals surface area contributed by atoms with Crippen LogP contribution in [-0.4, -0.2) is 18.6 Å². The number of amides is 1. The molecule has 1 unspecified atom stereocenters. The Morgan fingerprint density at radius 1 is 1.47 bits per heavy atom. The van der Waals surface area contributed by atoms with E-state index < -0.39 is 12.0 Å². The summed E-state index contributed by atoms with van der Waals surface area (Å²) in [5.74, 6) is 0.0128. The van der Waals surface area contributed by atoms with Crippen LogP contribution >= 0.6 is 11.6 Å². The third-order valence-corrected chi connectivity index (χ3v) is 3.00. The first-order chi connectivity index (χ1) is 9.08. The Hall–Kier alpha value is -1.26. The number of hydrogen-bond acceptors (Lipinski definition) is 3. The van der Waals surface area contributed by atoms with Crippen molar-refractivity contribution in [3.8, 4) is 5.75 Å². The van der Waals surface area contributed by atoms with Gasteiger partial charge in [-0.15, -0.1) is 0 Å². The Morgan fingerprint density at radius 3 is 2.74 bits per heavy atom. The second-order valence-electron chi connectivity index (χ2n) is 4.36. The molecule has 1 rings (SSSR count). The van der Waals surface area contributed by atoms with Gasteiger partial charge in [-0.2, -0.15) is 0 Å². The number of halogens is 1. The molecule has 0 spiro atoms. The zero-order valence-corrected chi connectivity index (χ0v) is 12.2. The van der Waals surface area contributed by atoms with Crippen LogP contribution in [0.1, 0.15) is 32.3 Å². The van der Waals surface area contributed by atoms with E-state index in [1.807, 2.05) is 19.1 Å². The molecule has 1 aromatic carbocycles. The molecule has 0 saturated carbocycles. The van der Waals surface area contributed by atoms with Crippen molar-refractivity contribution in [1.82, 2.24) is 5.32 Å². The van der Waals surface area contributed by atoms with Crippen LogP contribution in [0.25, 0.3) is 0 Å². The largest absolute Gasteiger partial charge is 0.479 e. The predicted octanol–water partition coefficient (Wildman–Crippen LogP) is 2.48. The van der Waals surface area contributed by atoms with Gasteiger partial charge < -0.3 is 15.8 Å². The third kappa shape index (κ3) is 5.09. The first-order valence-corrected chi connectivity index (χ1v) is 6.91. The first kappa shape index (κ1) is 15.8. The molecular formula is C14H21ClN2O2. The van der Waals surface area contributed by atoms with Crippen LogP contribution in [0.15, 0.2) is 18.2 Å². The average molecular weight is 285 g/mol. The van der Waals surface area contributed by atoms with Crippen molar-refractivity contribution >= 4 is 17.5 Å². The minimum atomic E-state index is -0.637. The van der Waals surface area contributed by atoms with Gasteiger partial charge in [-0.25, -0.2) is 0 Å². The van der Waals surface area contributed by atoms with E-state index in [1.165, 1.54) is 0 Å². The van der Waals surface area contributed by atoms with Crippen molar-refractivity contribution in [2.75, 3.05) is 6.54 Å². The average Bonchev–Trinajstić information content (AvgIpc) is 2.37. The summed E-state index contributed by atoms with van der Waals surface area (Å²) in [5, 5.41) is 3.79. The van der Waals surface area contributed by atoms with E-state index >= 15 is 0 Å². The van der Waals surface area contributed by atoms with Crippen LogP contribution in [0.3, 0.4) is 0 Å². The van der Waals surface area contributed by atoms with Crippen molar-refractivity contribution in [3.63, 3.8) is 0 Å². The minimum absolute atomic E-state index is 0.479. The zero-order chi connectivity index (χ0) is 14.3. The molecular weight excluding hydrogens is 264 g/mol. The molecule has 0 heterocycles. The molecule has 19 heavy (non-hydrogen) atoms. The van der Waals surface area contributed by atoms with E-state index in [-0.39, 0.29) is 0 Å². The molecule has 106 valence electrons. The number of carbonyl (C=O) groups is 1. The fraction of sp³-hybridized carbons (Fsp3) is 0.500. The van der Waals surface area contributed by atoms with Gasteiger partial charge in [0.05, 0.1) is 5.02 Å². The van der Waals surface area contributed by atoms with E-state index in [0.717, 1.165) is 25.1 Å². The van der Waals surface area contributed by atoms with E-state index in [0.29, 0.717) is 17.2 Å². The van der Waals surface area contributed by atoms with Crippen LogP contribution in [0, 0.1) is 0 Å². The van der Waals surface area contributed by atoms with Gasteiger partial charge in [-0.05, 0) is 37.1 Å². The number of primary amides is 1. The summed E-state index contributed by atoms with van der Waals surface area (Å²) in [7, 11) is 0. The maximum atomic E-state index is 11.1. The van der Waals surface area contributed by atoms with Gasteiger partial charge >= 0.3 is 0 Å². The Balaban J connectivity index is 2.68. The van der Waals surface area contributed by atoms with Gasteiger partial charge in [0.15, 0.2) is 6.10 Å². The Kier molecular flexibility index (Phi) is 6.67. The lowest BCUT2D eigenvalue weighted by molar-refractivity contribution is -0.124. The summed E-state index contributed by atoms with van der Waals surface area (Å²) in [4.78, 5) is 11.1. The van der Waals surface area contributed by atoms with Crippen molar-refractivity contribution in [1.29, 1.82) is 0 Å². The standard InChI is InChI=1S/C14H21ClN2O2/c1-3-7-17-9-10-5-6-13(11(15)8-10)19-12(4-2)14(16)18/h5-6,8,12,17H,3-4,7,9H2,1-2H3,(H2,16,18). The van der Waals surface area contributed by atoms with Gasteiger partial charge in [0.25, 0.3) is 5.91 Å². The molecule has 0 aliphatic carbocycles. The lowest BCUT2D eigenvalue weighted by atomic mass is 10.2. The van der Waals surface area contributed by atoms with Gasteiger partial charge in [0.1, 0.15) is 5.75 Å². The van der Waals surface area contributed by atoms with E-state index in [2.05, 4.69) is 12.2 Å². The lowest BCUT2D eigenvalue weighted by Gasteiger charge is -2.15. The molecule has 0 saturated heterocycles. The van der Waals surface area contributed by atoms with Gasteiger partial charge in [0.2, 0.25) is 0 Å². The Bertz CT molecular complexity index is 424. The maximum absolute atomic E-state index is 11.1. The lowest BCUT2D eigenvalue weighted by Crippen LogP contribution is -2.33. The quantitative estimate of drug-likeness (QED) is 0.721. The Morgan fingerprint density at radius 2 is 2.21 bits per heavy atom. The molecule has 0 aromatic heterocycles. The van der Waals surface area contributed by atoms with Gasteiger partial charge in [0, 0.05) is 6.54 Å². The van der Waals surface area contributed by atoms with E-state index in [1.54, 1.807) is 6.07 Å². The van der Waals surface area contributed by atoms with Gasteiger partial charge in [-0.3, -0.25) is 4.79 Å². The van der Waals surface area contributed by atoms with E-state index in [9.17, 15) is 4.79 Å². The highest BCUT2D eigenvalue weighted by Gasteiger charge is 2.16. The van der Waals surface area contributed by atoms with Crippen LogP contribution in [0.5, 0.6) is 5.75 Å². The second kappa shape index (κ2) is 8.02. The minimum Gasteiger partial charge on any atom is -0.479 e. The topological polar surface area (TPSA) is 64.3 Å². The van der Waals surface area contributed by atoms with Crippen molar-refractivity contribution in [2.24, 2.45) is 5.73 Å². The Labute approximate surface area is 119 Å². The molecule has 0 aliphatic heterocycles. The molecule has 0 bridgehead atoms. The number of hydrogen-bond donors (Lipinski definition) is 2. The zero-order valence-electron chi connectivity index (χ0n) is 11.4. The summed E-state index contributed by atoms with van der Waals surface area (Å²) in [6.07, 6.45) is 0.971. The number of carbonyl (C=O) groups excluding carboxylic acids is 1. The predicted molar refractivity (Wildman–Crippen MR) is 77.4 cm³/mol. The number of ether oxygens (including phenoxy) is 1. The molecule has 1 aromatic rings. The number of benzene rings is 1. The number of nitrogens with one attached hydrogen (secondary N) is 1. The molecule has 3 N–H and O–H groups in total. The molecule has 0 aliphatic rings. The SMILES string of the molecule is CCCNCc1ccc(OC(CC)C(N)=O)c(Cl)c1. The van der Waals surface area contributed by atoms with Crippen LogP contribution in [-0.2, 0) is 11.3 Å². The van der Waals surface area contributed by atoms with Crippen molar-refractivity contribution in [2.45, 2.75) is 39.3 Å². The smallest absolute Gasteiger partial charge is 0.258 e. The fourth-order valence-corrected chi connectivity index (χ4v) is 1.90. The summed E-state index contributed by atoms with van der Waals surface area (Å²) >= 11 is 6.14. The summed E-state index contributed by atoms with van der Waals surface area (Å²) in [5.41, 5.74) is 6.32. The molecule has 0 fully saturated rings. The molecule has 1 amide bonds. The highest BCUT2D eigenvalue weighted by atomic mass is 35.5. The highest BCUT2D eigenvalue weighted by molar-refractivity contribution is 6.32. The molecule has 1 atom stereocenters. The maximum Gasteiger partial charge on any atom is 0.258 e. The highest BCUT2D eigenvalue weighted by Crippen LogP contribution is 2.26. The van der Waals surface area contributed by atoms with Crippen LogP contribution < -0.4 is 15.8 Å². The molecule has 5 heteroatoms. The normalized spacial score (nSPS) is 12.2. The van der Waals surface area contributed by atoms with Crippen molar-refractivity contribution in [3.05, 3.63) is 28.8 Å². The van der Waals surface area contributed by atoms with Crippen LogP contribution in [0.2, 0.25) is 5.02 Å². The molecule has 4 nitrogen and oxygen atoms in total. The summed E-state index contributed by atoms with van der Waals surface area (Å²) in [6, 6.07) is 5.54. The fourth-order valence-electron chi connectivity index (χ4n) is 1.66. The second-order valence-corrected chi connectivity index (χ2v) is 4.77. The monoisotopic (exact) mass is 284 g/mol. The number of nitrogens with two attached hydrogens (primary N) is 1. The first-order valence-electron chi connectivity index (χ1n) is 6.53. The summed E-state index contributed by atoms with van der Waals surface area (Å²) < 4.78 is 5.51. The third-order valence-electron chi connectivity index (χ3n) is 2.71. The summed E-state index contributed by atoms with van der Waals surface area (Å²) in [6.45, 7) is 5.69. The van der Waals surface area contributed by atoms with E-state index in [4.69, 9.17) is 22.1 Å². The number of rotatable bonds is 8. The van der Waals surface area contributed by atoms with Crippen molar-refractivity contribution < 1.29 is 9.53 Å².